The molecule has 0 radical (unpaired) electrons. The highest BCUT2D eigenvalue weighted by Crippen LogP contribution is 2.10. The van der Waals surface area contributed by atoms with Crippen LogP contribution in [0.15, 0.2) is 0 Å². The van der Waals surface area contributed by atoms with E-state index in [4.69, 9.17) is 5.73 Å². The molecule has 0 aromatic carbocycles. The molecule has 3 heteroatoms. The van der Waals surface area contributed by atoms with E-state index < -0.39 is 0 Å². The Labute approximate surface area is 93.7 Å². The van der Waals surface area contributed by atoms with E-state index in [1.165, 1.54) is 45.1 Å². The maximum absolute atomic E-state index is 5.50. The summed E-state index contributed by atoms with van der Waals surface area (Å²) in [5.41, 5.74) is 5.50. The third-order valence-corrected chi connectivity index (χ3v) is 3.33. The molecule has 86 valence electrons. The summed E-state index contributed by atoms with van der Waals surface area (Å²) < 4.78 is 2.36. The maximum atomic E-state index is 5.50. The van der Waals surface area contributed by atoms with Gasteiger partial charge in [0.05, 0.1) is 5.88 Å². The first kappa shape index (κ1) is 14.3. The minimum absolute atomic E-state index is 0.712. The zero-order valence-electron chi connectivity index (χ0n) is 9.80. The second-order valence-electron chi connectivity index (χ2n) is 3.59. The van der Waals surface area contributed by atoms with E-state index in [9.17, 15) is 0 Å². The van der Waals surface area contributed by atoms with E-state index in [2.05, 4.69) is 18.2 Å². The van der Waals surface area contributed by atoms with Crippen LogP contribution in [0.1, 0.15) is 52.4 Å². The van der Waals surface area contributed by atoms with Gasteiger partial charge in [-0.05, 0) is 6.42 Å². The highest BCUT2D eigenvalue weighted by molar-refractivity contribution is 7.96. The Kier molecular flexibility index (Phi) is 11.6. The normalized spacial score (nSPS) is 11.1. The second-order valence-corrected chi connectivity index (χ2v) is 4.69. The van der Waals surface area contributed by atoms with Crippen molar-refractivity contribution in [2.24, 2.45) is 5.73 Å². The van der Waals surface area contributed by atoms with Gasteiger partial charge in [-0.1, -0.05) is 57.9 Å². The third kappa shape index (κ3) is 8.85. The SMILES string of the molecule is CCCCCCCCN(CC)SCN. The third-order valence-electron chi connectivity index (χ3n) is 2.37. The van der Waals surface area contributed by atoms with E-state index in [0.717, 1.165) is 6.54 Å². The fourth-order valence-corrected chi connectivity index (χ4v) is 2.14. The standard InChI is InChI=1S/C11H26N2S/c1-3-5-6-7-8-9-10-13(4-2)14-11-12/h3-12H2,1-2H3. The van der Waals surface area contributed by atoms with Crippen molar-refractivity contribution in [2.75, 3.05) is 19.0 Å². The Morgan fingerprint density at radius 2 is 1.64 bits per heavy atom. The van der Waals surface area contributed by atoms with Crippen LogP contribution in [0.25, 0.3) is 0 Å². The van der Waals surface area contributed by atoms with Crippen LogP contribution < -0.4 is 5.73 Å². The van der Waals surface area contributed by atoms with Crippen molar-refractivity contribution in [3.8, 4) is 0 Å². The molecule has 0 aliphatic rings. The first-order valence-corrected chi connectivity index (χ1v) is 6.87. The van der Waals surface area contributed by atoms with Crippen molar-refractivity contribution in [2.45, 2.75) is 52.4 Å². The summed E-state index contributed by atoms with van der Waals surface area (Å²) in [6.45, 7) is 6.76. The summed E-state index contributed by atoms with van der Waals surface area (Å²) in [4.78, 5) is 0. The van der Waals surface area contributed by atoms with Crippen molar-refractivity contribution in [3.05, 3.63) is 0 Å². The van der Waals surface area contributed by atoms with E-state index in [1.807, 2.05) is 0 Å². The summed E-state index contributed by atoms with van der Waals surface area (Å²) in [5.74, 6) is 0.712. The molecule has 0 saturated carbocycles. The van der Waals surface area contributed by atoms with Crippen LogP contribution in [0.2, 0.25) is 0 Å². The summed E-state index contributed by atoms with van der Waals surface area (Å²) in [7, 11) is 0. The molecule has 2 nitrogen and oxygen atoms in total. The van der Waals surface area contributed by atoms with Gasteiger partial charge in [0.15, 0.2) is 0 Å². The highest BCUT2D eigenvalue weighted by atomic mass is 32.2. The predicted molar refractivity (Wildman–Crippen MR) is 67.3 cm³/mol. The molecule has 0 amide bonds. The fraction of sp³-hybridized carbons (Fsp3) is 1.00. The molecule has 0 aliphatic heterocycles. The minimum atomic E-state index is 0.712. The van der Waals surface area contributed by atoms with Crippen molar-refractivity contribution in [1.82, 2.24) is 4.31 Å². The summed E-state index contributed by atoms with van der Waals surface area (Å²) >= 11 is 1.76. The molecule has 0 spiro atoms. The van der Waals surface area contributed by atoms with Crippen LogP contribution in [0.3, 0.4) is 0 Å². The van der Waals surface area contributed by atoms with Gasteiger partial charge in [0.2, 0.25) is 0 Å². The summed E-state index contributed by atoms with van der Waals surface area (Å²) in [6.07, 6.45) is 8.25. The van der Waals surface area contributed by atoms with E-state index in [1.54, 1.807) is 11.9 Å². The van der Waals surface area contributed by atoms with Crippen LogP contribution in [0, 0.1) is 0 Å². The van der Waals surface area contributed by atoms with Gasteiger partial charge in [0.25, 0.3) is 0 Å². The predicted octanol–water partition coefficient (Wildman–Crippen LogP) is 3.23. The minimum Gasteiger partial charge on any atom is -0.321 e. The van der Waals surface area contributed by atoms with Crippen LogP contribution >= 0.6 is 11.9 Å². The second kappa shape index (κ2) is 11.3. The van der Waals surface area contributed by atoms with Gasteiger partial charge < -0.3 is 5.73 Å². The van der Waals surface area contributed by atoms with Gasteiger partial charge in [0, 0.05) is 13.1 Å². The quantitative estimate of drug-likeness (QED) is 0.347. The van der Waals surface area contributed by atoms with Crippen molar-refractivity contribution < 1.29 is 0 Å². The van der Waals surface area contributed by atoms with Crippen molar-refractivity contribution >= 4 is 11.9 Å². The molecule has 0 saturated heterocycles. The first-order valence-electron chi connectivity index (χ1n) is 5.93. The summed E-state index contributed by atoms with van der Waals surface area (Å²) in [6, 6.07) is 0. The first-order chi connectivity index (χ1) is 6.85. The molecule has 0 aliphatic carbocycles. The average molecular weight is 218 g/mol. The Hall–Kier alpha value is 0.270. The molecular formula is C11H26N2S. The number of unbranched alkanes of at least 4 members (excludes halogenated alkanes) is 5. The van der Waals surface area contributed by atoms with Crippen molar-refractivity contribution in [1.29, 1.82) is 0 Å². The molecule has 0 heterocycles. The van der Waals surface area contributed by atoms with E-state index in [-0.39, 0.29) is 0 Å². The lowest BCUT2D eigenvalue weighted by Gasteiger charge is -2.17. The van der Waals surface area contributed by atoms with Gasteiger partial charge in [-0.25, -0.2) is 4.31 Å². The fourth-order valence-electron chi connectivity index (χ4n) is 1.49. The number of nitrogens with zero attached hydrogens (tertiary/aromatic N) is 1. The van der Waals surface area contributed by atoms with Crippen LogP contribution in [-0.4, -0.2) is 23.3 Å². The zero-order valence-corrected chi connectivity index (χ0v) is 10.6. The monoisotopic (exact) mass is 218 g/mol. The molecular weight excluding hydrogens is 192 g/mol. The average Bonchev–Trinajstić information content (AvgIpc) is 2.21. The topological polar surface area (TPSA) is 29.3 Å². The number of hydrogen-bond acceptors (Lipinski definition) is 3. The number of hydrogen-bond donors (Lipinski definition) is 1. The molecule has 2 N–H and O–H groups in total. The lowest BCUT2D eigenvalue weighted by atomic mass is 10.1. The van der Waals surface area contributed by atoms with Crippen LogP contribution in [0.5, 0.6) is 0 Å². The molecule has 0 aromatic rings. The lowest BCUT2D eigenvalue weighted by molar-refractivity contribution is 0.462. The molecule has 0 atom stereocenters. The van der Waals surface area contributed by atoms with Gasteiger partial charge in [-0.2, -0.15) is 0 Å². The van der Waals surface area contributed by atoms with Crippen LogP contribution in [-0.2, 0) is 0 Å². The Morgan fingerprint density at radius 3 is 2.21 bits per heavy atom. The largest absolute Gasteiger partial charge is 0.321 e. The van der Waals surface area contributed by atoms with E-state index >= 15 is 0 Å². The van der Waals surface area contributed by atoms with Crippen LogP contribution in [0.4, 0.5) is 0 Å². The molecule has 0 unspecified atom stereocenters. The number of nitrogens with two attached hydrogens (primary N) is 1. The lowest BCUT2D eigenvalue weighted by Crippen LogP contribution is -2.18. The maximum Gasteiger partial charge on any atom is 0.0542 e. The Morgan fingerprint density at radius 1 is 1.00 bits per heavy atom. The van der Waals surface area contributed by atoms with Gasteiger partial charge >= 0.3 is 0 Å². The van der Waals surface area contributed by atoms with Gasteiger partial charge in [-0.3, -0.25) is 0 Å². The number of rotatable bonds is 10. The van der Waals surface area contributed by atoms with Gasteiger partial charge in [0.1, 0.15) is 0 Å². The van der Waals surface area contributed by atoms with Crippen molar-refractivity contribution in [3.63, 3.8) is 0 Å². The zero-order chi connectivity index (χ0) is 10.6. The highest BCUT2D eigenvalue weighted by Gasteiger charge is 2.00. The van der Waals surface area contributed by atoms with E-state index in [0.29, 0.717) is 5.88 Å². The van der Waals surface area contributed by atoms with Gasteiger partial charge in [-0.15, -0.1) is 0 Å². The Balaban J connectivity index is 3.15. The summed E-state index contributed by atoms with van der Waals surface area (Å²) in [5, 5.41) is 0. The smallest absolute Gasteiger partial charge is 0.0542 e. The molecule has 0 bridgehead atoms. The molecule has 0 aromatic heterocycles. The Bertz CT molecular complexity index is 109. The molecule has 0 fully saturated rings. The molecule has 14 heavy (non-hydrogen) atoms. The molecule has 0 rings (SSSR count).